The fourth-order valence-corrected chi connectivity index (χ4v) is 2.85. The molecule has 1 aromatic rings. The lowest BCUT2D eigenvalue weighted by Gasteiger charge is -2.14. The summed E-state index contributed by atoms with van der Waals surface area (Å²) in [5, 5.41) is -0.418. The fourth-order valence-electron chi connectivity index (χ4n) is 1.46. The van der Waals surface area contributed by atoms with E-state index in [9.17, 15) is 13.2 Å². The van der Waals surface area contributed by atoms with Crippen molar-refractivity contribution in [2.24, 2.45) is 0 Å². The predicted octanol–water partition coefficient (Wildman–Crippen LogP) is 2.64. The van der Waals surface area contributed by atoms with Gasteiger partial charge in [0, 0.05) is 6.26 Å². The maximum absolute atomic E-state index is 11.7. The Bertz CT molecular complexity index is 554. The second-order valence-electron chi connectivity index (χ2n) is 3.77. The summed E-state index contributed by atoms with van der Waals surface area (Å²) in [5.74, 6) is -0.600. The molecule has 1 aromatic carbocycles. The van der Waals surface area contributed by atoms with Gasteiger partial charge in [-0.1, -0.05) is 29.3 Å². The van der Waals surface area contributed by atoms with E-state index in [4.69, 9.17) is 23.2 Å². The molecule has 1 unspecified atom stereocenters. The Morgan fingerprint density at radius 2 is 1.94 bits per heavy atom. The highest BCUT2D eigenvalue weighted by Gasteiger charge is 2.26. The van der Waals surface area contributed by atoms with E-state index in [2.05, 4.69) is 4.74 Å². The van der Waals surface area contributed by atoms with Crippen LogP contribution in [0.3, 0.4) is 0 Å². The molecule has 0 bridgehead atoms. The average Bonchev–Trinajstić information content (AvgIpc) is 2.28. The lowest BCUT2D eigenvalue weighted by Crippen LogP contribution is -2.16. The zero-order valence-corrected chi connectivity index (χ0v) is 12.1. The molecule has 0 N–H and O–H groups in total. The van der Waals surface area contributed by atoms with Crippen molar-refractivity contribution in [3.63, 3.8) is 0 Å². The number of hydrogen-bond donors (Lipinski definition) is 0. The summed E-state index contributed by atoms with van der Waals surface area (Å²) in [7, 11) is -2.25. The SMILES string of the molecule is COC(=O)CC(c1ccc(Cl)c(Cl)c1)S(C)(=O)=O. The van der Waals surface area contributed by atoms with Gasteiger partial charge in [0.25, 0.3) is 0 Å². The summed E-state index contributed by atoms with van der Waals surface area (Å²) in [5.41, 5.74) is 0.414. The van der Waals surface area contributed by atoms with E-state index in [-0.39, 0.29) is 11.4 Å². The Balaban J connectivity index is 3.18. The van der Waals surface area contributed by atoms with E-state index >= 15 is 0 Å². The summed E-state index contributed by atoms with van der Waals surface area (Å²) >= 11 is 11.6. The Morgan fingerprint density at radius 1 is 1.33 bits per heavy atom. The smallest absolute Gasteiger partial charge is 0.307 e. The molecule has 0 heterocycles. The molecule has 0 saturated carbocycles. The van der Waals surface area contributed by atoms with Crippen LogP contribution in [0.15, 0.2) is 18.2 Å². The number of carbonyl (C=O) groups is 1. The Kier molecular flexibility index (Phi) is 5.01. The number of hydrogen-bond acceptors (Lipinski definition) is 4. The van der Waals surface area contributed by atoms with E-state index in [1.165, 1.54) is 25.3 Å². The van der Waals surface area contributed by atoms with E-state index < -0.39 is 21.1 Å². The van der Waals surface area contributed by atoms with Crippen LogP contribution in [0.2, 0.25) is 10.0 Å². The number of methoxy groups -OCH3 is 1. The molecular weight excluding hydrogens is 299 g/mol. The zero-order valence-electron chi connectivity index (χ0n) is 9.81. The summed E-state index contributed by atoms with van der Waals surface area (Å²) in [6.45, 7) is 0. The van der Waals surface area contributed by atoms with Crippen molar-refractivity contribution in [1.29, 1.82) is 0 Å². The van der Waals surface area contributed by atoms with Crippen LogP contribution >= 0.6 is 23.2 Å². The maximum atomic E-state index is 11.7. The molecule has 1 rings (SSSR count). The molecule has 0 amide bonds. The van der Waals surface area contributed by atoms with Crippen molar-refractivity contribution in [2.45, 2.75) is 11.7 Å². The first-order chi connectivity index (χ1) is 8.25. The quantitative estimate of drug-likeness (QED) is 0.802. The normalized spacial score (nSPS) is 13.1. The fraction of sp³-hybridized carbons (Fsp3) is 0.364. The number of benzene rings is 1. The molecule has 0 fully saturated rings. The molecule has 0 aliphatic rings. The van der Waals surface area contributed by atoms with Gasteiger partial charge in [0.15, 0.2) is 9.84 Å². The summed E-state index contributed by atoms with van der Waals surface area (Å²) in [6, 6.07) is 4.47. The van der Waals surface area contributed by atoms with Crippen molar-refractivity contribution in [2.75, 3.05) is 13.4 Å². The molecule has 0 spiro atoms. The Hall–Kier alpha value is -0.780. The average molecular weight is 311 g/mol. The third-order valence-electron chi connectivity index (χ3n) is 2.41. The summed E-state index contributed by atoms with van der Waals surface area (Å²) in [6.07, 6.45) is 0.802. The van der Waals surface area contributed by atoms with Crippen molar-refractivity contribution in [3.8, 4) is 0 Å². The number of ether oxygens (including phenoxy) is 1. The van der Waals surface area contributed by atoms with E-state index in [1.54, 1.807) is 0 Å². The van der Waals surface area contributed by atoms with E-state index in [1.807, 2.05) is 0 Å². The third kappa shape index (κ3) is 3.86. The Morgan fingerprint density at radius 3 is 2.39 bits per heavy atom. The first-order valence-electron chi connectivity index (χ1n) is 4.96. The number of carbonyl (C=O) groups excluding carboxylic acids is 1. The van der Waals surface area contributed by atoms with E-state index in [0.29, 0.717) is 10.6 Å². The second-order valence-corrected chi connectivity index (χ2v) is 6.81. The van der Waals surface area contributed by atoms with Gasteiger partial charge in [-0.3, -0.25) is 4.79 Å². The Labute approximate surface area is 116 Å². The van der Waals surface area contributed by atoms with Gasteiger partial charge < -0.3 is 4.74 Å². The predicted molar refractivity (Wildman–Crippen MR) is 70.7 cm³/mol. The van der Waals surface area contributed by atoms with Gasteiger partial charge in [-0.25, -0.2) is 8.42 Å². The lowest BCUT2D eigenvalue weighted by molar-refractivity contribution is -0.140. The molecule has 0 aliphatic heterocycles. The van der Waals surface area contributed by atoms with Crippen molar-refractivity contribution in [3.05, 3.63) is 33.8 Å². The largest absolute Gasteiger partial charge is 0.469 e. The number of rotatable bonds is 4. The monoisotopic (exact) mass is 310 g/mol. The van der Waals surface area contributed by atoms with Gasteiger partial charge in [-0.15, -0.1) is 0 Å². The minimum Gasteiger partial charge on any atom is -0.469 e. The highest BCUT2D eigenvalue weighted by atomic mass is 35.5. The summed E-state index contributed by atoms with van der Waals surface area (Å²) < 4.78 is 27.9. The summed E-state index contributed by atoms with van der Waals surface area (Å²) in [4.78, 5) is 11.2. The molecule has 0 saturated heterocycles. The highest BCUT2D eigenvalue weighted by molar-refractivity contribution is 7.91. The molecule has 0 aliphatic carbocycles. The second kappa shape index (κ2) is 5.91. The molecule has 0 radical (unpaired) electrons. The van der Waals surface area contributed by atoms with Gasteiger partial charge in [-0.2, -0.15) is 0 Å². The van der Waals surface area contributed by atoms with Crippen LogP contribution in [0.1, 0.15) is 17.2 Å². The molecule has 18 heavy (non-hydrogen) atoms. The van der Waals surface area contributed by atoms with Gasteiger partial charge in [0.2, 0.25) is 0 Å². The maximum Gasteiger partial charge on any atom is 0.307 e. The van der Waals surface area contributed by atoms with Gasteiger partial charge >= 0.3 is 5.97 Å². The zero-order chi connectivity index (χ0) is 13.9. The molecule has 100 valence electrons. The number of sulfone groups is 1. The van der Waals surface area contributed by atoms with Crippen LogP contribution in [0, 0.1) is 0 Å². The number of halogens is 2. The number of esters is 1. The lowest BCUT2D eigenvalue weighted by atomic mass is 10.1. The van der Waals surface area contributed by atoms with Crippen LogP contribution in [-0.4, -0.2) is 27.8 Å². The van der Waals surface area contributed by atoms with Crippen LogP contribution in [0.25, 0.3) is 0 Å². The minimum absolute atomic E-state index is 0.243. The van der Waals surface area contributed by atoms with Crippen LogP contribution in [0.5, 0.6) is 0 Å². The third-order valence-corrected chi connectivity index (χ3v) is 4.62. The minimum atomic E-state index is -3.46. The molecular formula is C11H12Cl2O4S. The van der Waals surface area contributed by atoms with Crippen LogP contribution in [-0.2, 0) is 19.4 Å². The van der Waals surface area contributed by atoms with Crippen molar-refractivity contribution >= 4 is 39.0 Å². The first kappa shape index (κ1) is 15.3. The molecule has 4 nitrogen and oxygen atoms in total. The van der Waals surface area contributed by atoms with Gasteiger partial charge in [0.05, 0.1) is 28.8 Å². The standard InChI is InChI=1S/C11H12Cl2O4S/c1-17-11(14)6-10(18(2,15)16)7-3-4-8(12)9(13)5-7/h3-5,10H,6H2,1-2H3. The van der Waals surface area contributed by atoms with Crippen molar-refractivity contribution in [1.82, 2.24) is 0 Å². The molecule has 1 atom stereocenters. The van der Waals surface area contributed by atoms with Crippen LogP contribution in [0.4, 0.5) is 0 Å². The molecule has 7 heteroatoms. The highest BCUT2D eigenvalue weighted by Crippen LogP contribution is 2.31. The van der Waals surface area contributed by atoms with Crippen molar-refractivity contribution < 1.29 is 17.9 Å². The topological polar surface area (TPSA) is 60.4 Å². The van der Waals surface area contributed by atoms with Gasteiger partial charge in [0.1, 0.15) is 0 Å². The van der Waals surface area contributed by atoms with Gasteiger partial charge in [-0.05, 0) is 17.7 Å². The van der Waals surface area contributed by atoms with Crippen LogP contribution < -0.4 is 0 Å². The van der Waals surface area contributed by atoms with E-state index in [0.717, 1.165) is 6.26 Å². The molecule has 0 aromatic heterocycles. The first-order valence-corrected chi connectivity index (χ1v) is 7.67.